The monoisotopic (exact) mass is 152 g/mol. The van der Waals surface area contributed by atoms with E-state index in [9.17, 15) is 4.79 Å². The molecule has 11 heavy (non-hydrogen) atoms. The molecule has 1 rings (SSSR count). The van der Waals surface area contributed by atoms with Crippen molar-refractivity contribution >= 4 is 5.78 Å². The Labute approximate surface area is 65.8 Å². The van der Waals surface area contributed by atoms with Gasteiger partial charge in [0, 0.05) is 12.6 Å². The summed E-state index contributed by atoms with van der Waals surface area (Å²) in [6, 6.07) is 1.81. The number of H-pyrrole nitrogens is 1. The van der Waals surface area contributed by atoms with Gasteiger partial charge < -0.3 is 0 Å². The normalized spacial score (nSPS) is 10.0. The largest absolute Gasteiger partial charge is 0.293 e. The van der Waals surface area contributed by atoms with E-state index in [2.05, 4.69) is 17.1 Å². The number of nitrogens with one attached hydrogen (secondary N) is 1. The number of aromatic amines is 1. The van der Waals surface area contributed by atoms with Gasteiger partial charge in [0.15, 0.2) is 5.78 Å². The molecule has 0 atom stereocenters. The van der Waals surface area contributed by atoms with E-state index in [1.807, 2.05) is 6.07 Å². The van der Waals surface area contributed by atoms with Crippen LogP contribution >= 0.6 is 0 Å². The van der Waals surface area contributed by atoms with Crippen LogP contribution in [-0.4, -0.2) is 16.0 Å². The van der Waals surface area contributed by atoms with Crippen LogP contribution in [0.25, 0.3) is 0 Å². The molecule has 1 heterocycles. The van der Waals surface area contributed by atoms with Crippen molar-refractivity contribution in [3.8, 4) is 0 Å². The maximum atomic E-state index is 10.8. The second-order valence-corrected chi connectivity index (χ2v) is 2.58. The number of carbonyl (C=O) groups excluding carboxylic acids is 1. The fourth-order valence-electron chi connectivity index (χ4n) is 0.939. The van der Waals surface area contributed by atoms with Gasteiger partial charge in [-0.2, -0.15) is 5.10 Å². The molecule has 60 valence electrons. The van der Waals surface area contributed by atoms with Crippen LogP contribution in [0.15, 0.2) is 6.07 Å². The summed E-state index contributed by atoms with van der Waals surface area (Å²) in [6.07, 6.45) is 2.03. The smallest absolute Gasteiger partial charge is 0.179 e. The quantitative estimate of drug-likeness (QED) is 0.668. The summed E-state index contributed by atoms with van der Waals surface area (Å²) in [4.78, 5) is 10.8. The lowest BCUT2D eigenvalue weighted by atomic mass is 10.2. The average molecular weight is 152 g/mol. The highest BCUT2D eigenvalue weighted by molar-refractivity contribution is 5.92. The van der Waals surface area contributed by atoms with Gasteiger partial charge in [0.05, 0.1) is 0 Å². The first-order valence-electron chi connectivity index (χ1n) is 3.79. The van der Waals surface area contributed by atoms with Crippen molar-refractivity contribution in [2.24, 2.45) is 0 Å². The van der Waals surface area contributed by atoms with E-state index in [4.69, 9.17) is 0 Å². The Balaban J connectivity index is 2.73. The van der Waals surface area contributed by atoms with Gasteiger partial charge in [0.1, 0.15) is 5.69 Å². The molecule has 0 radical (unpaired) electrons. The van der Waals surface area contributed by atoms with Crippen LogP contribution in [0.1, 0.15) is 36.5 Å². The molecule has 0 saturated heterocycles. The molecule has 1 aromatic rings. The molecule has 0 saturated carbocycles. The van der Waals surface area contributed by atoms with Gasteiger partial charge in [0.25, 0.3) is 0 Å². The lowest BCUT2D eigenvalue weighted by Crippen LogP contribution is -1.90. The molecule has 1 aromatic heterocycles. The minimum absolute atomic E-state index is 0.0172. The zero-order valence-electron chi connectivity index (χ0n) is 6.85. The topological polar surface area (TPSA) is 45.8 Å². The second-order valence-electron chi connectivity index (χ2n) is 2.58. The van der Waals surface area contributed by atoms with Gasteiger partial charge in [-0.1, -0.05) is 13.3 Å². The molecule has 0 amide bonds. The first-order chi connectivity index (χ1) is 5.24. The Hall–Kier alpha value is -1.12. The highest BCUT2D eigenvalue weighted by Gasteiger charge is 2.03. The number of ketones is 1. The third-order valence-electron chi connectivity index (χ3n) is 1.51. The van der Waals surface area contributed by atoms with E-state index >= 15 is 0 Å². The van der Waals surface area contributed by atoms with Crippen molar-refractivity contribution in [2.45, 2.75) is 26.7 Å². The maximum absolute atomic E-state index is 10.8. The van der Waals surface area contributed by atoms with Crippen molar-refractivity contribution in [3.63, 3.8) is 0 Å². The number of aromatic nitrogens is 2. The number of carbonyl (C=O) groups is 1. The average Bonchev–Trinajstić information content (AvgIpc) is 2.37. The zero-order chi connectivity index (χ0) is 8.27. The Kier molecular flexibility index (Phi) is 2.41. The zero-order valence-corrected chi connectivity index (χ0v) is 6.85. The molecular weight excluding hydrogens is 140 g/mol. The van der Waals surface area contributed by atoms with Crippen molar-refractivity contribution in [1.29, 1.82) is 0 Å². The number of Topliss-reactive ketones (excluding diaryl/α,β-unsaturated/α-hetero) is 1. The number of nitrogens with zero attached hydrogens (tertiary/aromatic N) is 1. The molecule has 0 unspecified atom stereocenters. The predicted octanol–water partition coefficient (Wildman–Crippen LogP) is 1.56. The minimum atomic E-state index is 0.0172. The first-order valence-corrected chi connectivity index (χ1v) is 3.79. The molecule has 0 spiro atoms. The highest BCUT2D eigenvalue weighted by atomic mass is 16.1. The van der Waals surface area contributed by atoms with E-state index < -0.39 is 0 Å². The summed E-state index contributed by atoms with van der Waals surface area (Å²) in [5.41, 5.74) is 1.58. The van der Waals surface area contributed by atoms with E-state index in [0.717, 1.165) is 18.5 Å². The summed E-state index contributed by atoms with van der Waals surface area (Å²) in [6.45, 7) is 3.61. The molecule has 3 heteroatoms. The van der Waals surface area contributed by atoms with Gasteiger partial charge in [0.2, 0.25) is 0 Å². The van der Waals surface area contributed by atoms with Gasteiger partial charge in [-0.25, -0.2) is 0 Å². The van der Waals surface area contributed by atoms with Gasteiger partial charge in [-0.15, -0.1) is 0 Å². The lowest BCUT2D eigenvalue weighted by Gasteiger charge is -1.86. The Bertz CT molecular complexity index is 252. The lowest BCUT2D eigenvalue weighted by molar-refractivity contribution is 0.101. The molecule has 0 aliphatic rings. The third-order valence-corrected chi connectivity index (χ3v) is 1.51. The summed E-state index contributed by atoms with van der Waals surface area (Å²) < 4.78 is 0. The van der Waals surface area contributed by atoms with E-state index in [1.165, 1.54) is 6.92 Å². The summed E-state index contributed by atoms with van der Waals surface area (Å²) in [7, 11) is 0. The van der Waals surface area contributed by atoms with Crippen molar-refractivity contribution < 1.29 is 4.79 Å². The van der Waals surface area contributed by atoms with Gasteiger partial charge >= 0.3 is 0 Å². The molecular formula is C8H12N2O. The SMILES string of the molecule is CCCc1cc(C(C)=O)n[nH]1. The van der Waals surface area contributed by atoms with E-state index in [1.54, 1.807) is 0 Å². The number of hydrogen-bond acceptors (Lipinski definition) is 2. The summed E-state index contributed by atoms with van der Waals surface area (Å²) in [5, 5.41) is 6.68. The van der Waals surface area contributed by atoms with Crippen molar-refractivity contribution in [1.82, 2.24) is 10.2 Å². The number of hydrogen-bond donors (Lipinski definition) is 1. The summed E-state index contributed by atoms with van der Waals surface area (Å²) >= 11 is 0. The third kappa shape index (κ3) is 1.90. The first kappa shape index (κ1) is 7.98. The maximum Gasteiger partial charge on any atom is 0.179 e. The van der Waals surface area contributed by atoms with Crippen LogP contribution in [0.3, 0.4) is 0 Å². The Morgan fingerprint density at radius 3 is 2.91 bits per heavy atom. The van der Waals surface area contributed by atoms with Crippen LogP contribution < -0.4 is 0 Å². The second kappa shape index (κ2) is 3.32. The standard InChI is InChI=1S/C8H12N2O/c1-3-4-7-5-8(6(2)11)10-9-7/h5H,3-4H2,1-2H3,(H,9,10). The molecule has 0 aromatic carbocycles. The van der Waals surface area contributed by atoms with Crippen LogP contribution in [0, 0.1) is 0 Å². The Morgan fingerprint density at radius 1 is 1.73 bits per heavy atom. The number of aryl methyl sites for hydroxylation is 1. The molecule has 0 fully saturated rings. The minimum Gasteiger partial charge on any atom is -0.293 e. The van der Waals surface area contributed by atoms with Crippen LogP contribution in [0.4, 0.5) is 0 Å². The fraction of sp³-hybridized carbons (Fsp3) is 0.500. The number of rotatable bonds is 3. The Morgan fingerprint density at radius 2 is 2.45 bits per heavy atom. The van der Waals surface area contributed by atoms with Crippen LogP contribution in [0.2, 0.25) is 0 Å². The van der Waals surface area contributed by atoms with E-state index in [0.29, 0.717) is 5.69 Å². The van der Waals surface area contributed by atoms with Crippen molar-refractivity contribution in [2.75, 3.05) is 0 Å². The molecule has 0 bridgehead atoms. The molecule has 3 nitrogen and oxygen atoms in total. The van der Waals surface area contributed by atoms with Crippen molar-refractivity contribution in [3.05, 3.63) is 17.5 Å². The van der Waals surface area contributed by atoms with Gasteiger partial charge in [-0.3, -0.25) is 9.89 Å². The van der Waals surface area contributed by atoms with Crippen LogP contribution in [0.5, 0.6) is 0 Å². The van der Waals surface area contributed by atoms with Crippen LogP contribution in [-0.2, 0) is 6.42 Å². The molecule has 0 aliphatic carbocycles. The molecule has 1 N–H and O–H groups in total. The van der Waals surface area contributed by atoms with Gasteiger partial charge in [-0.05, 0) is 12.5 Å². The predicted molar refractivity (Wildman–Crippen MR) is 42.6 cm³/mol. The van der Waals surface area contributed by atoms with E-state index in [-0.39, 0.29) is 5.78 Å². The highest BCUT2D eigenvalue weighted by Crippen LogP contribution is 2.02. The fourth-order valence-corrected chi connectivity index (χ4v) is 0.939. The molecule has 0 aliphatic heterocycles. The summed E-state index contributed by atoms with van der Waals surface area (Å²) in [5.74, 6) is 0.0172.